The molecule has 0 bridgehead atoms. The van der Waals surface area contributed by atoms with Crippen LogP contribution in [0.2, 0.25) is 0 Å². The van der Waals surface area contributed by atoms with Crippen LogP contribution in [0.4, 0.5) is 0 Å². The highest BCUT2D eigenvalue weighted by Crippen LogP contribution is 2.50. The van der Waals surface area contributed by atoms with Gasteiger partial charge < -0.3 is 20.5 Å². The van der Waals surface area contributed by atoms with Crippen LogP contribution in [0.1, 0.15) is 52.6 Å². The lowest BCUT2D eigenvalue weighted by atomic mass is 9.84. The number of aliphatic hydroxyl groups is 1. The van der Waals surface area contributed by atoms with E-state index in [4.69, 9.17) is 4.74 Å². The molecule has 6 rings (SSSR count). The van der Waals surface area contributed by atoms with E-state index in [0.29, 0.717) is 18.6 Å². The number of allylic oxidation sites excluding steroid dienone is 1. The Hall–Kier alpha value is -5.52. The number of ether oxygens (including phenoxy) is 1. The Balaban J connectivity index is 1.12. The molecule has 0 radical (unpaired) electrons. The van der Waals surface area contributed by atoms with E-state index in [1.54, 1.807) is 17.8 Å². The van der Waals surface area contributed by atoms with Crippen molar-refractivity contribution in [3.8, 4) is 0 Å². The second-order valence-corrected chi connectivity index (χ2v) is 18.7. The number of nitrogens with one attached hydrogen (secondary N) is 2. The third kappa shape index (κ3) is 12.2. The molecule has 0 fully saturated rings. The van der Waals surface area contributed by atoms with Crippen LogP contribution in [0.3, 0.4) is 0 Å². The zero-order valence-corrected chi connectivity index (χ0v) is 38.7. The summed E-state index contributed by atoms with van der Waals surface area (Å²) in [6.45, 7) is 0. The van der Waals surface area contributed by atoms with E-state index in [9.17, 15) is 19.5 Å². The Kier molecular flexibility index (Phi) is 18.4. The highest BCUT2D eigenvalue weighted by molar-refractivity contribution is 8.01. The lowest BCUT2D eigenvalue weighted by molar-refractivity contribution is -0.144. The number of aliphatic hydroxyl groups excluding tert-OH is 1. The van der Waals surface area contributed by atoms with Crippen LogP contribution in [-0.2, 0) is 28.6 Å². The molecule has 0 spiro atoms. The van der Waals surface area contributed by atoms with Crippen LogP contribution in [-0.4, -0.2) is 71.7 Å². The van der Waals surface area contributed by atoms with Gasteiger partial charge in [0.2, 0.25) is 11.8 Å². The Morgan fingerprint density at radius 1 is 0.578 bits per heavy atom. The van der Waals surface area contributed by atoms with Crippen molar-refractivity contribution >= 4 is 53.1 Å². The summed E-state index contributed by atoms with van der Waals surface area (Å²) in [4.78, 5) is 40.9. The van der Waals surface area contributed by atoms with Crippen molar-refractivity contribution in [3.63, 3.8) is 0 Å². The molecule has 6 aromatic rings. The summed E-state index contributed by atoms with van der Waals surface area (Å²) >= 11 is 4.91. The maximum atomic E-state index is 14.0. The fourth-order valence-electron chi connectivity index (χ4n) is 7.88. The lowest BCUT2D eigenvalue weighted by Crippen LogP contribution is -2.53. The number of rotatable bonds is 23. The van der Waals surface area contributed by atoms with Gasteiger partial charge >= 0.3 is 5.97 Å². The molecule has 0 aliphatic rings. The maximum Gasteiger partial charge on any atom is 0.329 e. The Labute approximate surface area is 390 Å². The Morgan fingerprint density at radius 2 is 0.969 bits per heavy atom. The first-order valence-electron chi connectivity index (χ1n) is 21.4. The Bertz CT molecular complexity index is 2160. The van der Waals surface area contributed by atoms with Gasteiger partial charge in [-0.2, -0.15) is 11.8 Å². The fraction of sp³-hybridized carbons (Fsp3) is 0.241. The summed E-state index contributed by atoms with van der Waals surface area (Å²) in [5, 5.41) is 16.8. The molecular weight excluding hydrogens is 853 g/mol. The normalized spacial score (nSPS) is 13.1. The topological polar surface area (TPSA) is 105 Å². The van der Waals surface area contributed by atoms with Crippen LogP contribution in [0, 0.1) is 0 Å². The minimum absolute atomic E-state index is 0.172. The van der Waals surface area contributed by atoms with Crippen molar-refractivity contribution in [2.45, 2.75) is 46.9 Å². The smallest absolute Gasteiger partial charge is 0.329 e. The van der Waals surface area contributed by atoms with Crippen LogP contribution >= 0.6 is 35.3 Å². The first-order chi connectivity index (χ1) is 31.3. The molecule has 3 N–H and O–H groups in total. The zero-order valence-electron chi connectivity index (χ0n) is 36.3. The van der Waals surface area contributed by atoms with Crippen LogP contribution in [0.5, 0.6) is 0 Å². The number of amides is 2. The third-order valence-electron chi connectivity index (χ3n) is 11.0. The van der Waals surface area contributed by atoms with Gasteiger partial charge in [0.05, 0.1) is 29.1 Å². The van der Waals surface area contributed by atoms with Crippen molar-refractivity contribution in [2.24, 2.45) is 0 Å². The molecule has 0 saturated carbocycles. The first kappa shape index (κ1) is 47.9. The number of carbonyl (C=O) groups excluding carboxylic acids is 3. The van der Waals surface area contributed by atoms with E-state index in [0.717, 1.165) is 22.4 Å². The van der Waals surface area contributed by atoms with Crippen molar-refractivity contribution in [3.05, 3.63) is 228 Å². The molecule has 64 heavy (non-hydrogen) atoms. The number of thioether (sulfide) groups is 3. The average molecular weight is 909 g/mol. The molecule has 0 heterocycles. The van der Waals surface area contributed by atoms with Crippen molar-refractivity contribution in [1.82, 2.24) is 10.6 Å². The van der Waals surface area contributed by atoms with Crippen molar-refractivity contribution in [2.75, 3.05) is 30.6 Å². The van der Waals surface area contributed by atoms with Crippen LogP contribution in [0.15, 0.2) is 194 Å². The van der Waals surface area contributed by atoms with Gasteiger partial charge in [0, 0.05) is 5.75 Å². The summed E-state index contributed by atoms with van der Waals surface area (Å²) < 4.78 is 4.04. The predicted molar refractivity (Wildman–Crippen MR) is 267 cm³/mol. The summed E-state index contributed by atoms with van der Waals surface area (Å²) in [6.07, 6.45) is 5.19. The van der Waals surface area contributed by atoms with E-state index in [2.05, 4.69) is 120 Å². The van der Waals surface area contributed by atoms with Gasteiger partial charge in [-0.15, -0.1) is 23.5 Å². The van der Waals surface area contributed by atoms with Gasteiger partial charge in [-0.1, -0.05) is 194 Å². The third-order valence-corrected chi connectivity index (χ3v) is 14.8. The van der Waals surface area contributed by atoms with Gasteiger partial charge in [0.25, 0.3) is 0 Å². The van der Waals surface area contributed by atoms with Gasteiger partial charge in [-0.25, -0.2) is 4.79 Å². The van der Waals surface area contributed by atoms with Gasteiger partial charge in [-0.3, -0.25) is 9.59 Å². The van der Waals surface area contributed by atoms with E-state index >= 15 is 0 Å². The SMILES string of the molecule is COC(=O)[C@@H](CSC(c1ccccc1)(c1ccccc1)c1ccccc1)NC(=O)[C@@H](CCSC)NC(=O)CC(O)/C=C/CCSC(c1ccccc1)(c1ccccc1)c1ccccc1. The molecule has 3 atom stereocenters. The average Bonchev–Trinajstić information content (AvgIpc) is 3.35. The molecule has 1 unspecified atom stereocenters. The number of hydrogen-bond donors (Lipinski definition) is 3. The molecule has 0 aliphatic heterocycles. The number of hydrogen-bond acceptors (Lipinski definition) is 8. The first-order valence-corrected chi connectivity index (χ1v) is 24.8. The van der Waals surface area contributed by atoms with Gasteiger partial charge in [-0.05, 0) is 64.0 Å². The van der Waals surface area contributed by atoms with Gasteiger partial charge in [0.15, 0.2) is 0 Å². The van der Waals surface area contributed by atoms with Crippen molar-refractivity contribution in [1.29, 1.82) is 0 Å². The quantitative estimate of drug-likeness (QED) is 0.0253. The van der Waals surface area contributed by atoms with Crippen molar-refractivity contribution < 1.29 is 24.2 Å². The van der Waals surface area contributed by atoms with E-state index in [1.807, 2.05) is 96.9 Å². The number of carbonyl (C=O) groups is 3. The fourth-order valence-corrected chi connectivity index (χ4v) is 11.4. The number of esters is 1. The molecule has 10 heteroatoms. The predicted octanol–water partition coefficient (Wildman–Crippen LogP) is 10.0. The standard InChI is InChI=1S/C54H56N2O5S3/c1-61-52(60)49(40-64-54(44-29-15-6-16-30-44,45-31-17-7-18-32-45)46-33-19-8-20-34-46)56-51(59)48(36-38-62-2)55-50(58)39-47(57)35-21-22-37-63-53(41-23-9-3-10-24-41,42-25-11-4-12-26-42)43-27-13-5-14-28-43/h3-21,23-35,47-49,57H,22,36-40H2,1-2H3,(H,55,58)(H,56,59)/b35-21+/t47?,48-,49-/m1/s1. The molecule has 6 aromatic carbocycles. The summed E-state index contributed by atoms with van der Waals surface area (Å²) in [6, 6.07) is 59.9. The second-order valence-electron chi connectivity index (χ2n) is 15.2. The zero-order chi connectivity index (χ0) is 45.0. The largest absolute Gasteiger partial charge is 0.467 e. The van der Waals surface area contributed by atoms with Gasteiger partial charge in [0.1, 0.15) is 12.1 Å². The maximum absolute atomic E-state index is 14.0. The molecule has 0 aliphatic carbocycles. The summed E-state index contributed by atoms with van der Waals surface area (Å²) in [5.41, 5.74) is 6.58. The minimum Gasteiger partial charge on any atom is -0.467 e. The molecule has 7 nitrogen and oxygen atoms in total. The van der Waals surface area contributed by atoms with E-state index in [1.165, 1.54) is 35.6 Å². The summed E-state index contributed by atoms with van der Waals surface area (Å²) in [7, 11) is 1.30. The number of methoxy groups -OCH3 is 1. The van der Waals surface area contributed by atoms with Crippen LogP contribution < -0.4 is 10.6 Å². The highest BCUT2D eigenvalue weighted by atomic mass is 32.2. The molecule has 330 valence electrons. The van der Waals surface area contributed by atoms with E-state index < -0.39 is 45.5 Å². The second kappa shape index (κ2) is 24.5. The monoisotopic (exact) mass is 908 g/mol. The molecule has 0 saturated heterocycles. The minimum atomic E-state index is -1.06. The number of benzene rings is 6. The summed E-state index contributed by atoms with van der Waals surface area (Å²) in [5.74, 6) is -0.0514. The highest BCUT2D eigenvalue weighted by Gasteiger charge is 2.40. The van der Waals surface area contributed by atoms with Crippen LogP contribution in [0.25, 0.3) is 0 Å². The molecule has 2 amide bonds. The Morgan fingerprint density at radius 3 is 1.34 bits per heavy atom. The lowest BCUT2D eigenvalue weighted by Gasteiger charge is -2.36. The molecular formula is C54H56N2O5S3. The van der Waals surface area contributed by atoms with E-state index in [-0.39, 0.29) is 12.2 Å². The molecule has 0 aromatic heterocycles.